The number of nitrogens with zero attached hydrogens (tertiary/aromatic N) is 3. The Hall–Kier alpha value is -6.07. The number of rotatable bonds is 32. The van der Waals surface area contributed by atoms with Gasteiger partial charge in [0.1, 0.15) is 17.1 Å². The van der Waals surface area contributed by atoms with Gasteiger partial charge in [-0.3, -0.25) is 14.4 Å². The maximum Gasteiger partial charge on any atom is 0.321 e. The second-order valence-electron chi connectivity index (χ2n) is 17.8. The van der Waals surface area contributed by atoms with Gasteiger partial charge in [-0.25, -0.2) is 10.8 Å². The SMILES string of the molecule is CNc1ccc(-c2cc(=O)c3ccc4[nH]c(CCOCCOCCOCCOCCOCCN(N)/C5=C(\N)c6ccccc6CN(C(=O)CCC(=O)NCCCCCCOP(O)(O)=S)c6ccccc65)nc4c3o2)cc1. The van der Waals surface area contributed by atoms with Crippen LogP contribution < -0.4 is 32.5 Å². The smallest absolute Gasteiger partial charge is 0.321 e. The summed E-state index contributed by atoms with van der Waals surface area (Å²) in [5.41, 5.74) is 14.3. The van der Waals surface area contributed by atoms with Crippen molar-refractivity contribution in [3.8, 4) is 11.3 Å². The normalized spacial score (nSPS) is 13.6. The van der Waals surface area contributed by atoms with Crippen molar-refractivity contribution in [1.29, 1.82) is 0 Å². The van der Waals surface area contributed by atoms with Crippen molar-refractivity contribution in [3.63, 3.8) is 0 Å². The summed E-state index contributed by atoms with van der Waals surface area (Å²) in [7, 11) is 1.85. The number of amides is 2. The van der Waals surface area contributed by atoms with Gasteiger partial charge in [-0.05, 0) is 72.7 Å². The van der Waals surface area contributed by atoms with Gasteiger partial charge in [0.05, 0.1) is 114 Å². The number of fused-ring (bicyclic) bond motifs is 5. The number of nitrogens with two attached hydrogens (primary N) is 2. The molecule has 0 saturated heterocycles. The Balaban J connectivity index is 0.754. The van der Waals surface area contributed by atoms with Crippen LogP contribution in [0, 0.1) is 0 Å². The fourth-order valence-corrected chi connectivity index (χ4v) is 9.14. The monoisotopic (exact) mass is 1080 g/mol. The van der Waals surface area contributed by atoms with Gasteiger partial charge in [-0.1, -0.05) is 55.3 Å². The van der Waals surface area contributed by atoms with Gasteiger partial charge >= 0.3 is 6.72 Å². The number of para-hydroxylation sites is 1. The lowest BCUT2D eigenvalue weighted by Gasteiger charge is -2.33. The number of anilines is 2. The highest BCUT2D eigenvalue weighted by Gasteiger charge is 2.28. The zero-order valence-corrected chi connectivity index (χ0v) is 44.5. The van der Waals surface area contributed by atoms with Crippen molar-refractivity contribution in [1.82, 2.24) is 20.3 Å². The molecular weight excluding hydrogens is 1020 g/mol. The number of hydrazine groups is 1. The highest BCUT2D eigenvalue weighted by molar-refractivity contribution is 8.06. The van der Waals surface area contributed by atoms with Gasteiger partial charge in [0, 0.05) is 61.3 Å². The Labute approximate surface area is 446 Å². The lowest BCUT2D eigenvalue weighted by Crippen LogP contribution is -2.38. The third kappa shape index (κ3) is 17.0. The van der Waals surface area contributed by atoms with E-state index in [0.29, 0.717) is 130 Å². The number of nitrogens with one attached hydrogen (secondary N) is 3. The molecule has 4 aromatic carbocycles. The Morgan fingerprint density at radius 3 is 2.14 bits per heavy atom. The molecule has 0 unspecified atom stereocenters. The third-order valence-electron chi connectivity index (χ3n) is 12.5. The molecule has 3 heterocycles. The number of carbonyl (C=O) groups excluding carboxylic acids is 2. The molecule has 408 valence electrons. The Morgan fingerprint density at radius 2 is 1.45 bits per heavy atom. The Kier molecular flexibility index (Phi) is 22.3. The lowest BCUT2D eigenvalue weighted by atomic mass is 9.95. The Morgan fingerprint density at radius 1 is 0.803 bits per heavy atom. The van der Waals surface area contributed by atoms with E-state index in [1.165, 1.54) is 6.07 Å². The molecule has 1 aliphatic rings. The Bertz CT molecular complexity index is 2980. The molecule has 0 aliphatic carbocycles. The van der Waals surface area contributed by atoms with E-state index in [9.17, 15) is 14.4 Å². The molecule has 0 atom stereocenters. The first-order valence-electron chi connectivity index (χ1n) is 25.5. The molecule has 2 amide bonds. The zero-order valence-electron chi connectivity index (χ0n) is 42.8. The maximum absolute atomic E-state index is 13.9. The summed E-state index contributed by atoms with van der Waals surface area (Å²) in [6.45, 7) is 1.39. The average Bonchev–Trinajstić information content (AvgIpc) is 3.90. The molecule has 9 N–H and O–H groups in total. The predicted octanol–water partition coefficient (Wildman–Crippen LogP) is 6.19. The summed E-state index contributed by atoms with van der Waals surface area (Å²) in [6, 6.07) is 27.8. The quantitative estimate of drug-likeness (QED) is 0.0107. The molecule has 0 radical (unpaired) electrons. The van der Waals surface area contributed by atoms with Crippen LogP contribution >= 0.6 is 6.72 Å². The fraction of sp³-hybridized carbons (Fsp3) is 0.407. The number of H-pyrrole nitrogens is 1. The number of benzene rings is 4. The average molecular weight is 1090 g/mol. The summed E-state index contributed by atoms with van der Waals surface area (Å²) in [5.74, 6) is 7.51. The number of unbranched alkanes of at least 4 members (excludes halogenated alkanes) is 3. The summed E-state index contributed by atoms with van der Waals surface area (Å²) in [5, 5.41) is 8.00. The molecule has 0 spiro atoms. The summed E-state index contributed by atoms with van der Waals surface area (Å²) < 4.78 is 39.7. The number of hydrogen-bond acceptors (Lipinski definition) is 16. The molecule has 22 heteroatoms. The van der Waals surface area contributed by atoms with Crippen LogP contribution in [0.5, 0.6) is 0 Å². The van der Waals surface area contributed by atoms with Crippen LogP contribution in [-0.4, -0.2) is 129 Å². The summed E-state index contributed by atoms with van der Waals surface area (Å²) >= 11 is 4.45. The van der Waals surface area contributed by atoms with E-state index >= 15 is 0 Å². The number of ether oxygens (including phenoxy) is 5. The van der Waals surface area contributed by atoms with Crippen LogP contribution in [0.4, 0.5) is 11.4 Å². The van der Waals surface area contributed by atoms with Crippen molar-refractivity contribution in [3.05, 3.63) is 124 Å². The largest absolute Gasteiger partial charge is 0.453 e. The minimum Gasteiger partial charge on any atom is -0.453 e. The maximum atomic E-state index is 13.9. The van der Waals surface area contributed by atoms with Gasteiger partial charge < -0.3 is 73.7 Å². The zero-order chi connectivity index (χ0) is 53.7. The van der Waals surface area contributed by atoms with Crippen molar-refractivity contribution in [2.24, 2.45) is 11.6 Å². The predicted molar refractivity (Wildman–Crippen MR) is 296 cm³/mol. The first-order chi connectivity index (χ1) is 36.9. The molecule has 2 aromatic heterocycles. The molecule has 20 nitrogen and oxygen atoms in total. The molecule has 0 bridgehead atoms. The van der Waals surface area contributed by atoms with Crippen LogP contribution in [0.25, 0.3) is 44.7 Å². The molecule has 7 rings (SSSR count). The van der Waals surface area contributed by atoms with Crippen molar-refractivity contribution >= 4 is 75.1 Å². The molecule has 1 aliphatic heterocycles. The second-order valence-corrected chi connectivity index (χ2v) is 20.5. The minimum absolute atomic E-state index is 0.00351. The fourth-order valence-electron chi connectivity index (χ4n) is 8.55. The molecular formula is C54H69N8O12PS. The molecule has 0 fully saturated rings. The second kappa shape index (κ2) is 29.4. The van der Waals surface area contributed by atoms with Gasteiger partial charge in [0.15, 0.2) is 11.0 Å². The van der Waals surface area contributed by atoms with Crippen molar-refractivity contribution < 1.29 is 52.0 Å². The standard InChI is InChI=1S/C54H69N8O12PS/c1-57-40-16-14-38(15-17-40)47-36-46(63)43-18-19-44-52(54(43)74-47)60-48(59-44)22-26-68-28-30-70-32-34-72-35-33-71-31-29-69-27-24-62(56)53-42-12-6-7-13-45(42)61(37-39-10-4-5-11-41(39)51(53)55)50(65)21-20-49(64)58-23-8-2-3-9-25-73-75(66,67)76/h4-7,10-19,36,57H,2-3,8-9,20-35,37,55-56H2,1H3,(H,58,64)(H,59,60)(H2,66,67,76)/b53-51-. The highest BCUT2D eigenvalue weighted by atomic mass is 32.5. The molecule has 0 saturated carbocycles. The van der Waals surface area contributed by atoms with E-state index in [0.717, 1.165) is 53.0 Å². The van der Waals surface area contributed by atoms with E-state index in [2.05, 4.69) is 27.4 Å². The number of carbonyl (C=O) groups is 2. The third-order valence-corrected chi connectivity index (χ3v) is 13.3. The van der Waals surface area contributed by atoms with Gasteiger partial charge in [-0.2, -0.15) is 0 Å². The number of aromatic nitrogens is 2. The molecule has 76 heavy (non-hydrogen) atoms. The van der Waals surface area contributed by atoms with Gasteiger partial charge in [0.25, 0.3) is 0 Å². The summed E-state index contributed by atoms with van der Waals surface area (Å²) in [4.78, 5) is 67.8. The van der Waals surface area contributed by atoms with Crippen molar-refractivity contribution in [2.45, 2.75) is 51.5 Å². The van der Waals surface area contributed by atoms with Crippen LogP contribution in [-0.2, 0) is 62.6 Å². The minimum atomic E-state index is -3.63. The van der Waals surface area contributed by atoms with E-state index in [1.807, 2.05) is 85.9 Å². The van der Waals surface area contributed by atoms with Crippen LogP contribution in [0.15, 0.2) is 100 Å². The number of hydrogen-bond donors (Lipinski definition) is 7. The van der Waals surface area contributed by atoms with E-state index in [1.54, 1.807) is 16.0 Å². The van der Waals surface area contributed by atoms with Crippen LogP contribution in [0.1, 0.15) is 61.0 Å². The number of aromatic amines is 1. The highest BCUT2D eigenvalue weighted by Crippen LogP contribution is 2.38. The van der Waals surface area contributed by atoms with Crippen molar-refractivity contribution in [2.75, 3.05) is 103 Å². The summed E-state index contributed by atoms with van der Waals surface area (Å²) in [6.07, 6.45) is 3.52. The first kappa shape index (κ1) is 57.6. The lowest BCUT2D eigenvalue weighted by molar-refractivity contribution is -0.125. The molecule has 6 aromatic rings. The van der Waals surface area contributed by atoms with Crippen LogP contribution in [0.3, 0.4) is 0 Å². The van der Waals surface area contributed by atoms with E-state index in [4.69, 9.17) is 59.0 Å². The first-order valence-corrected chi connectivity index (χ1v) is 28.1. The van der Waals surface area contributed by atoms with E-state index < -0.39 is 6.72 Å². The van der Waals surface area contributed by atoms with E-state index in [-0.39, 0.29) is 49.8 Å². The van der Waals surface area contributed by atoms with Crippen LogP contribution in [0.2, 0.25) is 0 Å². The number of imidazole rings is 1. The van der Waals surface area contributed by atoms with Gasteiger partial charge in [0.2, 0.25) is 11.8 Å². The van der Waals surface area contributed by atoms with Gasteiger partial charge in [-0.15, -0.1) is 0 Å². The topological polar surface area (TPSA) is 271 Å².